The molecule has 0 saturated carbocycles. The highest BCUT2D eigenvalue weighted by Gasteiger charge is 2.25. The fraction of sp³-hybridized carbons (Fsp3) is 0.600. The Balaban J connectivity index is 2.67. The molecule has 1 heteroatoms. The number of hydrogen-bond donors (Lipinski definition) is 1. The van der Waals surface area contributed by atoms with Gasteiger partial charge in [-0.1, -0.05) is 23.8 Å². The summed E-state index contributed by atoms with van der Waals surface area (Å²) in [6, 6.07) is 0. The van der Waals surface area contributed by atoms with Crippen LogP contribution in [0.25, 0.3) is 0 Å². The Morgan fingerprint density at radius 3 is 2.55 bits per heavy atom. The molecule has 62 valence electrons. The summed E-state index contributed by atoms with van der Waals surface area (Å²) >= 11 is 0. The molecular weight excluding hydrogens is 136 g/mol. The van der Waals surface area contributed by atoms with Gasteiger partial charge in [0.25, 0.3) is 0 Å². The lowest BCUT2D eigenvalue weighted by Gasteiger charge is -2.28. The summed E-state index contributed by atoms with van der Waals surface area (Å²) in [5, 5.41) is 9.68. The van der Waals surface area contributed by atoms with Gasteiger partial charge < -0.3 is 5.11 Å². The summed E-state index contributed by atoms with van der Waals surface area (Å²) in [6.45, 7) is 5.82. The molecule has 1 unspecified atom stereocenters. The number of hydrogen-bond acceptors (Lipinski definition) is 1. The third-order valence-corrected chi connectivity index (χ3v) is 2.17. The van der Waals surface area contributed by atoms with Gasteiger partial charge in [0, 0.05) is 5.92 Å². The van der Waals surface area contributed by atoms with Gasteiger partial charge in [-0.25, -0.2) is 0 Å². The lowest BCUT2D eigenvalue weighted by molar-refractivity contribution is 0.0366. The van der Waals surface area contributed by atoms with Crippen LogP contribution in [-0.2, 0) is 0 Å². The van der Waals surface area contributed by atoms with Crippen LogP contribution in [0, 0.1) is 5.92 Å². The van der Waals surface area contributed by atoms with Crippen LogP contribution in [0.15, 0.2) is 23.8 Å². The second kappa shape index (κ2) is 2.82. The molecule has 0 aliphatic heterocycles. The van der Waals surface area contributed by atoms with Crippen LogP contribution >= 0.6 is 0 Å². The number of aliphatic hydroxyl groups is 1. The van der Waals surface area contributed by atoms with Crippen LogP contribution < -0.4 is 0 Å². The van der Waals surface area contributed by atoms with E-state index in [0.29, 0.717) is 0 Å². The molecule has 1 aliphatic rings. The van der Waals surface area contributed by atoms with Crippen molar-refractivity contribution in [2.45, 2.75) is 32.8 Å². The molecule has 0 fully saturated rings. The van der Waals surface area contributed by atoms with E-state index in [-0.39, 0.29) is 5.92 Å². The van der Waals surface area contributed by atoms with Gasteiger partial charge in [-0.05, 0) is 27.2 Å². The monoisotopic (exact) mass is 152 g/mol. The van der Waals surface area contributed by atoms with Crippen molar-refractivity contribution in [2.24, 2.45) is 5.92 Å². The third-order valence-electron chi connectivity index (χ3n) is 2.17. The van der Waals surface area contributed by atoms with Crippen molar-refractivity contribution in [1.29, 1.82) is 0 Å². The van der Waals surface area contributed by atoms with Crippen molar-refractivity contribution >= 4 is 0 Å². The molecule has 0 bridgehead atoms. The zero-order valence-electron chi connectivity index (χ0n) is 7.46. The maximum Gasteiger partial charge on any atom is 0.0657 e. The van der Waals surface area contributed by atoms with E-state index in [0.717, 1.165) is 6.42 Å². The lowest BCUT2D eigenvalue weighted by atomic mass is 9.83. The first-order valence-corrected chi connectivity index (χ1v) is 4.06. The Kier molecular flexibility index (Phi) is 2.19. The Hall–Kier alpha value is -0.560. The average Bonchev–Trinajstić information content (AvgIpc) is 1.86. The van der Waals surface area contributed by atoms with Crippen LogP contribution in [0.3, 0.4) is 0 Å². The van der Waals surface area contributed by atoms with Crippen molar-refractivity contribution in [3.8, 4) is 0 Å². The minimum atomic E-state index is -0.577. The number of rotatable bonds is 1. The van der Waals surface area contributed by atoms with E-state index in [4.69, 9.17) is 0 Å². The predicted octanol–water partition coefficient (Wildman–Crippen LogP) is 2.28. The summed E-state index contributed by atoms with van der Waals surface area (Å²) in [6.07, 6.45) is 7.19. The van der Waals surface area contributed by atoms with E-state index < -0.39 is 5.60 Å². The SMILES string of the molecule is CC1=CC=CC(C(C)(C)O)C1. The minimum absolute atomic E-state index is 0.285. The molecule has 1 N–H and O–H groups in total. The molecule has 0 aromatic carbocycles. The molecule has 1 rings (SSSR count). The van der Waals surface area contributed by atoms with E-state index in [2.05, 4.69) is 19.1 Å². The second-order valence-electron chi connectivity index (χ2n) is 3.86. The summed E-state index contributed by atoms with van der Waals surface area (Å²) in [7, 11) is 0. The van der Waals surface area contributed by atoms with Crippen molar-refractivity contribution in [3.05, 3.63) is 23.8 Å². The van der Waals surface area contributed by atoms with Gasteiger partial charge in [0.05, 0.1) is 5.60 Å². The first-order valence-electron chi connectivity index (χ1n) is 4.06. The first-order chi connectivity index (χ1) is 5.00. The van der Waals surface area contributed by atoms with Gasteiger partial charge in [-0.3, -0.25) is 0 Å². The van der Waals surface area contributed by atoms with Crippen LogP contribution in [0.2, 0.25) is 0 Å². The van der Waals surface area contributed by atoms with Gasteiger partial charge in [0.15, 0.2) is 0 Å². The molecule has 1 atom stereocenters. The Morgan fingerprint density at radius 2 is 2.18 bits per heavy atom. The van der Waals surface area contributed by atoms with Crippen LogP contribution in [0.1, 0.15) is 27.2 Å². The molecule has 0 amide bonds. The maximum atomic E-state index is 9.68. The smallest absolute Gasteiger partial charge is 0.0657 e. The standard InChI is InChI=1S/C10H16O/c1-8-5-4-6-9(7-8)10(2,3)11/h4-6,9,11H,7H2,1-3H3. The summed E-state index contributed by atoms with van der Waals surface area (Å²) < 4.78 is 0. The van der Waals surface area contributed by atoms with Gasteiger partial charge in [-0.15, -0.1) is 0 Å². The highest BCUT2D eigenvalue weighted by molar-refractivity contribution is 5.19. The molecule has 0 radical (unpaired) electrons. The molecule has 0 spiro atoms. The van der Waals surface area contributed by atoms with Gasteiger partial charge in [0.2, 0.25) is 0 Å². The Labute approximate surface area is 68.4 Å². The summed E-state index contributed by atoms with van der Waals surface area (Å²) in [4.78, 5) is 0. The van der Waals surface area contributed by atoms with Crippen LogP contribution in [-0.4, -0.2) is 10.7 Å². The topological polar surface area (TPSA) is 20.2 Å². The molecule has 0 aromatic rings. The highest BCUT2D eigenvalue weighted by atomic mass is 16.3. The molecule has 0 aromatic heterocycles. The fourth-order valence-corrected chi connectivity index (χ4v) is 1.32. The number of allylic oxidation sites excluding steroid dienone is 3. The Bertz CT molecular complexity index is 193. The summed E-state index contributed by atoms with van der Waals surface area (Å²) in [5.41, 5.74) is 0.770. The van der Waals surface area contributed by atoms with E-state index in [1.54, 1.807) is 0 Å². The maximum absolute atomic E-state index is 9.68. The minimum Gasteiger partial charge on any atom is -0.390 e. The lowest BCUT2D eigenvalue weighted by Crippen LogP contribution is -2.30. The molecule has 1 nitrogen and oxygen atoms in total. The van der Waals surface area contributed by atoms with E-state index in [1.807, 2.05) is 19.9 Å². The quantitative estimate of drug-likeness (QED) is 0.611. The molecule has 11 heavy (non-hydrogen) atoms. The van der Waals surface area contributed by atoms with Crippen LogP contribution in [0.4, 0.5) is 0 Å². The summed E-state index contributed by atoms with van der Waals surface area (Å²) in [5.74, 6) is 0.285. The van der Waals surface area contributed by atoms with Crippen molar-refractivity contribution < 1.29 is 5.11 Å². The van der Waals surface area contributed by atoms with E-state index in [9.17, 15) is 5.11 Å². The molecule has 1 aliphatic carbocycles. The third kappa shape index (κ3) is 2.19. The van der Waals surface area contributed by atoms with E-state index >= 15 is 0 Å². The first kappa shape index (κ1) is 8.54. The normalized spacial score (nSPS) is 25.1. The predicted molar refractivity (Wildman–Crippen MR) is 47.3 cm³/mol. The molecular formula is C10H16O. The van der Waals surface area contributed by atoms with Gasteiger partial charge in [-0.2, -0.15) is 0 Å². The zero-order valence-corrected chi connectivity index (χ0v) is 7.46. The average molecular weight is 152 g/mol. The van der Waals surface area contributed by atoms with Crippen molar-refractivity contribution in [1.82, 2.24) is 0 Å². The molecule has 0 saturated heterocycles. The Morgan fingerprint density at radius 1 is 1.55 bits per heavy atom. The van der Waals surface area contributed by atoms with Crippen LogP contribution in [0.5, 0.6) is 0 Å². The van der Waals surface area contributed by atoms with Crippen molar-refractivity contribution in [2.75, 3.05) is 0 Å². The van der Waals surface area contributed by atoms with Gasteiger partial charge >= 0.3 is 0 Å². The fourth-order valence-electron chi connectivity index (χ4n) is 1.32. The van der Waals surface area contributed by atoms with Crippen molar-refractivity contribution in [3.63, 3.8) is 0 Å². The largest absolute Gasteiger partial charge is 0.390 e. The second-order valence-corrected chi connectivity index (χ2v) is 3.86. The highest BCUT2D eigenvalue weighted by Crippen LogP contribution is 2.27. The van der Waals surface area contributed by atoms with Gasteiger partial charge in [0.1, 0.15) is 0 Å². The van der Waals surface area contributed by atoms with E-state index in [1.165, 1.54) is 5.57 Å². The zero-order chi connectivity index (χ0) is 8.48. The molecule has 0 heterocycles.